The molecule has 2 aromatic heterocycles. The van der Waals surface area contributed by atoms with E-state index in [-0.39, 0.29) is 23.2 Å². The Hall–Kier alpha value is -3.73. The molecule has 1 saturated heterocycles. The summed E-state index contributed by atoms with van der Waals surface area (Å²) in [5.74, 6) is -0.647. The molecule has 1 fully saturated rings. The summed E-state index contributed by atoms with van der Waals surface area (Å²) in [6.07, 6.45) is -1.77. The zero-order chi connectivity index (χ0) is 23.9. The van der Waals surface area contributed by atoms with Gasteiger partial charge in [0, 0.05) is 37.1 Å². The molecule has 2 N–H and O–H groups in total. The van der Waals surface area contributed by atoms with Crippen LogP contribution in [0.25, 0.3) is 28.2 Å². The lowest BCUT2D eigenvalue weighted by molar-refractivity contribution is -0.139. The molecule has 5 rings (SSSR count). The molecule has 3 heterocycles. The standard InChI is InChI=1S/C23H19F4N5O2/c24-17-3-1-13(11-16(17)23(25,26)27)21-30-18-4-2-15(33)12-19(18)32(21)20-5-8-28-22(31-20)29-14-6-9-34-10-7-14/h1-5,8,11-12,14,33H,6-7,9-10H2,(H,28,29,31). The van der Waals surface area contributed by atoms with Crippen molar-refractivity contribution in [3.63, 3.8) is 0 Å². The number of benzene rings is 2. The van der Waals surface area contributed by atoms with Gasteiger partial charge in [0.1, 0.15) is 23.2 Å². The number of imidazole rings is 1. The molecule has 0 amide bonds. The predicted molar refractivity (Wildman–Crippen MR) is 116 cm³/mol. The van der Waals surface area contributed by atoms with Crippen LogP contribution in [0.5, 0.6) is 5.75 Å². The lowest BCUT2D eigenvalue weighted by atomic mass is 10.1. The highest BCUT2D eigenvalue weighted by atomic mass is 19.4. The Labute approximate surface area is 191 Å². The minimum atomic E-state index is -4.87. The summed E-state index contributed by atoms with van der Waals surface area (Å²) >= 11 is 0. The van der Waals surface area contributed by atoms with Gasteiger partial charge < -0.3 is 15.2 Å². The number of hydrogen-bond acceptors (Lipinski definition) is 6. The molecule has 11 heteroatoms. The third kappa shape index (κ3) is 4.26. The number of nitrogens with one attached hydrogen (secondary N) is 1. The molecule has 4 aromatic rings. The van der Waals surface area contributed by atoms with E-state index in [9.17, 15) is 22.7 Å². The van der Waals surface area contributed by atoms with E-state index in [1.54, 1.807) is 12.1 Å². The highest BCUT2D eigenvalue weighted by Gasteiger charge is 2.34. The maximum Gasteiger partial charge on any atom is 0.419 e. The number of hydrogen-bond donors (Lipinski definition) is 2. The van der Waals surface area contributed by atoms with Crippen LogP contribution in [0.1, 0.15) is 18.4 Å². The third-order valence-electron chi connectivity index (χ3n) is 5.59. The predicted octanol–water partition coefficient (Wildman–Crippen LogP) is 4.94. The van der Waals surface area contributed by atoms with Crippen LogP contribution in [-0.2, 0) is 10.9 Å². The van der Waals surface area contributed by atoms with Gasteiger partial charge in [-0.3, -0.25) is 4.57 Å². The molecular formula is C23H19F4N5O2. The average Bonchev–Trinajstić information content (AvgIpc) is 3.18. The molecule has 34 heavy (non-hydrogen) atoms. The quantitative estimate of drug-likeness (QED) is 0.409. The molecule has 1 aliphatic rings. The molecule has 0 unspecified atom stereocenters. The normalized spacial score (nSPS) is 15.1. The molecule has 0 saturated carbocycles. The summed E-state index contributed by atoms with van der Waals surface area (Å²) < 4.78 is 60.9. The maximum atomic E-state index is 13.9. The molecule has 176 valence electrons. The minimum absolute atomic E-state index is 0.0435. The summed E-state index contributed by atoms with van der Waals surface area (Å²) in [6.45, 7) is 1.25. The molecule has 0 radical (unpaired) electrons. The van der Waals surface area contributed by atoms with Gasteiger partial charge in [-0.15, -0.1) is 0 Å². The van der Waals surface area contributed by atoms with Gasteiger partial charge in [0.2, 0.25) is 5.95 Å². The number of anilines is 1. The Kier molecular flexibility index (Phi) is 5.56. The molecule has 0 bridgehead atoms. The second kappa shape index (κ2) is 8.56. The van der Waals surface area contributed by atoms with Crippen molar-refractivity contribution in [1.29, 1.82) is 0 Å². The van der Waals surface area contributed by atoms with Crippen molar-refractivity contribution in [3.8, 4) is 23.0 Å². The summed E-state index contributed by atoms with van der Waals surface area (Å²) in [7, 11) is 0. The topological polar surface area (TPSA) is 85.1 Å². The first-order valence-corrected chi connectivity index (χ1v) is 10.6. The number of halogens is 4. The SMILES string of the molecule is Oc1ccc2nc(-c3ccc(F)c(C(F)(F)F)c3)n(-c3ccnc(NC4CCOCC4)n3)c2c1. The first-order chi connectivity index (χ1) is 16.3. The highest BCUT2D eigenvalue weighted by Crippen LogP contribution is 2.36. The van der Waals surface area contributed by atoms with Gasteiger partial charge in [-0.1, -0.05) is 0 Å². The van der Waals surface area contributed by atoms with Gasteiger partial charge in [0.25, 0.3) is 0 Å². The smallest absolute Gasteiger partial charge is 0.419 e. The number of phenolic OH excluding ortho intramolecular Hbond substituents is 1. The van der Waals surface area contributed by atoms with Crippen molar-refractivity contribution in [2.24, 2.45) is 0 Å². The number of rotatable bonds is 4. The fourth-order valence-electron chi connectivity index (χ4n) is 3.94. The Balaban J connectivity index is 1.65. The van der Waals surface area contributed by atoms with E-state index in [0.29, 0.717) is 36.0 Å². The largest absolute Gasteiger partial charge is 0.508 e. The molecule has 0 aliphatic carbocycles. The maximum absolute atomic E-state index is 13.9. The van der Waals surface area contributed by atoms with Crippen molar-refractivity contribution in [2.45, 2.75) is 25.1 Å². The van der Waals surface area contributed by atoms with Crippen molar-refractivity contribution >= 4 is 17.0 Å². The Morgan fingerprint density at radius 1 is 1.03 bits per heavy atom. The second-order valence-electron chi connectivity index (χ2n) is 7.91. The molecule has 0 spiro atoms. The third-order valence-corrected chi connectivity index (χ3v) is 5.59. The number of alkyl halides is 3. The summed E-state index contributed by atoms with van der Waals surface area (Å²) in [6, 6.07) is 8.82. The van der Waals surface area contributed by atoms with Crippen LogP contribution in [0.4, 0.5) is 23.5 Å². The van der Waals surface area contributed by atoms with E-state index in [0.717, 1.165) is 25.0 Å². The lowest BCUT2D eigenvalue weighted by Crippen LogP contribution is -2.28. The number of fused-ring (bicyclic) bond motifs is 1. The first kappa shape index (κ1) is 22.1. The first-order valence-electron chi connectivity index (χ1n) is 10.6. The van der Waals surface area contributed by atoms with E-state index in [2.05, 4.69) is 20.3 Å². The van der Waals surface area contributed by atoms with E-state index in [1.165, 1.54) is 29.0 Å². The van der Waals surface area contributed by atoms with E-state index < -0.39 is 17.6 Å². The molecule has 0 atom stereocenters. The fraction of sp³-hybridized carbons (Fsp3) is 0.261. The van der Waals surface area contributed by atoms with Gasteiger partial charge in [-0.2, -0.15) is 18.2 Å². The van der Waals surface area contributed by atoms with Crippen LogP contribution in [0, 0.1) is 5.82 Å². The molecular weight excluding hydrogens is 454 g/mol. The number of phenols is 1. The van der Waals surface area contributed by atoms with Crippen LogP contribution in [0.3, 0.4) is 0 Å². The summed E-state index contributed by atoms with van der Waals surface area (Å²) in [5, 5.41) is 13.3. The number of ether oxygens (including phenoxy) is 1. The Morgan fingerprint density at radius 2 is 1.82 bits per heavy atom. The summed E-state index contributed by atoms with van der Waals surface area (Å²) in [5.41, 5.74) is -0.509. The molecule has 7 nitrogen and oxygen atoms in total. The Morgan fingerprint density at radius 3 is 2.59 bits per heavy atom. The van der Waals surface area contributed by atoms with Gasteiger partial charge in [0.15, 0.2) is 0 Å². The number of aromatic hydroxyl groups is 1. The number of aromatic nitrogens is 4. The fourth-order valence-corrected chi connectivity index (χ4v) is 3.94. The van der Waals surface area contributed by atoms with Crippen LogP contribution in [-0.4, -0.2) is 43.9 Å². The zero-order valence-corrected chi connectivity index (χ0v) is 17.7. The second-order valence-corrected chi connectivity index (χ2v) is 7.91. The van der Waals surface area contributed by atoms with Crippen molar-refractivity contribution in [3.05, 3.63) is 60.0 Å². The van der Waals surface area contributed by atoms with Crippen LogP contribution < -0.4 is 5.32 Å². The van der Waals surface area contributed by atoms with Crippen molar-refractivity contribution in [1.82, 2.24) is 19.5 Å². The highest BCUT2D eigenvalue weighted by molar-refractivity contribution is 5.84. The van der Waals surface area contributed by atoms with E-state index in [4.69, 9.17) is 4.74 Å². The molecule has 2 aromatic carbocycles. The monoisotopic (exact) mass is 473 g/mol. The van der Waals surface area contributed by atoms with Gasteiger partial charge in [-0.25, -0.2) is 14.4 Å². The minimum Gasteiger partial charge on any atom is -0.508 e. The number of nitrogens with zero attached hydrogens (tertiary/aromatic N) is 4. The van der Waals surface area contributed by atoms with Gasteiger partial charge >= 0.3 is 6.18 Å². The van der Waals surface area contributed by atoms with Crippen LogP contribution in [0.15, 0.2) is 48.7 Å². The molecule has 1 aliphatic heterocycles. The zero-order valence-electron chi connectivity index (χ0n) is 17.7. The van der Waals surface area contributed by atoms with Crippen LogP contribution in [0.2, 0.25) is 0 Å². The average molecular weight is 473 g/mol. The van der Waals surface area contributed by atoms with Crippen LogP contribution >= 0.6 is 0 Å². The van der Waals surface area contributed by atoms with Gasteiger partial charge in [0.05, 0.1) is 16.6 Å². The Bertz CT molecular complexity index is 1350. The van der Waals surface area contributed by atoms with Crippen molar-refractivity contribution < 1.29 is 27.4 Å². The van der Waals surface area contributed by atoms with E-state index in [1.807, 2.05) is 0 Å². The van der Waals surface area contributed by atoms with Gasteiger partial charge in [-0.05, 0) is 49.2 Å². The van der Waals surface area contributed by atoms with Crippen molar-refractivity contribution in [2.75, 3.05) is 18.5 Å². The summed E-state index contributed by atoms with van der Waals surface area (Å²) in [4.78, 5) is 13.3. The van der Waals surface area contributed by atoms with E-state index >= 15 is 0 Å². The lowest BCUT2D eigenvalue weighted by Gasteiger charge is -2.23.